The Bertz CT molecular complexity index is 1160. The maximum absolute atomic E-state index is 15.9. The summed E-state index contributed by atoms with van der Waals surface area (Å²) in [6.07, 6.45) is -2.92. The van der Waals surface area contributed by atoms with Gasteiger partial charge in [-0.25, -0.2) is 9.18 Å². The van der Waals surface area contributed by atoms with Crippen LogP contribution in [0.3, 0.4) is 0 Å². The number of nitrogens with one attached hydrogen (secondary N) is 2. The molecule has 1 aromatic rings. The SMILES string of the molecule is NC(=O)NC1=CC(F)[C@](OC(F)(F)F)(C2(Oc3ccccc3)CCC(C=C3SC(=O)NC3=O)CC2)C=C1. The number of para-hydroxylation sites is 1. The fraction of sp³-hybridized carbons (Fsp3) is 0.375. The third-order valence-corrected chi connectivity index (χ3v) is 7.26. The topological polar surface area (TPSA) is 120 Å². The van der Waals surface area contributed by atoms with Crippen molar-refractivity contribution in [2.24, 2.45) is 11.7 Å². The molecule has 3 aliphatic rings. The van der Waals surface area contributed by atoms with Crippen LogP contribution in [-0.4, -0.2) is 40.9 Å². The molecule has 2 atom stereocenters. The van der Waals surface area contributed by atoms with E-state index >= 15 is 4.39 Å². The summed E-state index contributed by atoms with van der Waals surface area (Å²) in [5.41, 5.74) is 0.478. The van der Waals surface area contributed by atoms with Gasteiger partial charge in [0.05, 0.1) is 4.91 Å². The molecule has 4 rings (SSSR count). The standard InChI is InChI=1S/C24H23F4N3O5S/c25-18-13-15(30-20(29)33)8-11-23(18,36-24(26,27)28)22(35-16-4-2-1-3-5-16)9-6-14(7-10-22)12-17-19(32)31-21(34)37-17/h1-5,8,11-14,18H,6-7,9-10H2,(H3,29,30,33)(H,31,32,34)/t14?,18?,22?,23-/m0/s1. The van der Waals surface area contributed by atoms with Crippen LogP contribution in [0.4, 0.5) is 27.2 Å². The number of primary amides is 1. The number of hydrogen-bond acceptors (Lipinski definition) is 6. The van der Waals surface area contributed by atoms with Gasteiger partial charge in [0.1, 0.15) is 11.4 Å². The highest BCUT2D eigenvalue weighted by molar-refractivity contribution is 8.18. The molecule has 4 N–H and O–H groups in total. The van der Waals surface area contributed by atoms with Crippen molar-refractivity contribution in [2.45, 2.75) is 49.4 Å². The summed E-state index contributed by atoms with van der Waals surface area (Å²) in [4.78, 5) is 34.8. The van der Waals surface area contributed by atoms with E-state index in [0.717, 1.165) is 30.0 Å². The number of carbonyl (C=O) groups excluding carboxylic acids is 3. The van der Waals surface area contributed by atoms with Gasteiger partial charge in [0, 0.05) is 5.70 Å². The second-order valence-electron chi connectivity index (χ2n) is 8.81. The molecule has 1 saturated carbocycles. The molecular weight excluding hydrogens is 518 g/mol. The van der Waals surface area contributed by atoms with Crippen molar-refractivity contribution >= 4 is 28.9 Å². The quantitative estimate of drug-likeness (QED) is 0.358. The van der Waals surface area contributed by atoms with Gasteiger partial charge in [-0.2, -0.15) is 0 Å². The van der Waals surface area contributed by atoms with Crippen LogP contribution in [0.5, 0.6) is 5.75 Å². The number of halogens is 4. The van der Waals surface area contributed by atoms with Gasteiger partial charge in [0.15, 0.2) is 11.8 Å². The molecule has 0 bridgehead atoms. The molecule has 2 fully saturated rings. The number of nitrogens with two attached hydrogens (primary N) is 1. The van der Waals surface area contributed by atoms with E-state index in [-0.39, 0.29) is 48.0 Å². The highest BCUT2D eigenvalue weighted by Gasteiger charge is 2.63. The number of amides is 4. The predicted octanol–water partition coefficient (Wildman–Crippen LogP) is 4.60. The van der Waals surface area contributed by atoms with Crippen LogP contribution in [0.15, 0.2) is 65.2 Å². The molecular formula is C24H23F4N3O5S. The van der Waals surface area contributed by atoms with Crippen molar-refractivity contribution in [2.75, 3.05) is 0 Å². The molecule has 198 valence electrons. The highest BCUT2D eigenvalue weighted by atomic mass is 32.2. The minimum absolute atomic E-state index is 0.0795. The lowest BCUT2D eigenvalue weighted by molar-refractivity contribution is -0.386. The minimum atomic E-state index is -5.23. The van der Waals surface area contributed by atoms with Crippen molar-refractivity contribution in [3.63, 3.8) is 0 Å². The van der Waals surface area contributed by atoms with Gasteiger partial charge in [-0.1, -0.05) is 24.3 Å². The Morgan fingerprint density at radius 1 is 1.19 bits per heavy atom. The van der Waals surface area contributed by atoms with E-state index in [2.05, 4.69) is 15.4 Å². The minimum Gasteiger partial charge on any atom is -0.484 e. The maximum Gasteiger partial charge on any atom is 0.523 e. The number of rotatable bonds is 6. The molecule has 2 aliphatic carbocycles. The maximum atomic E-state index is 15.9. The Morgan fingerprint density at radius 3 is 2.41 bits per heavy atom. The third-order valence-electron chi connectivity index (χ3n) is 6.43. The zero-order valence-corrected chi connectivity index (χ0v) is 20.0. The van der Waals surface area contributed by atoms with Gasteiger partial charge >= 0.3 is 12.4 Å². The first-order valence-corrected chi connectivity index (χ1v) is 12.1. The normalized spacial score (nSPS) is 31.1. The lowest BCUT2D eigenvalue weighted by Crippen LogP contribution is -2.66. The number of benzene rings is 1. The summed E-state index contributed by atoms with van der Waals surface area (Å²) >= 11 is 0.744. The average molecular weight is 542 g/mol. The molecule has 1 aromatic carbocycles. The Morgan fingerprint density at radius 2 is 1.86 bits per heavy atom. The van der Waals surface area contributed by atoms with Gasteiger partial charge in [0.2, 0.25) is 0 Å². The lowest BCUT2D eigenvalue weighted by Gasteiger charge is -2.52. The monoisotopic (exact) mass is 541 g/mol. The van der Waals surface area contributed by atoms with Crippen LogP contribution in [-0.2, 0) is 9.53 Å². The second kappa shape index (κ2) is 10.2. The van der Waals surface area contributed by atoms with E-state index in [0.29, 0.717) is 0 Å². The van der Waals surface area contributed by atoms with E-state index in [4.69, 9.17) is 10.5 Å². The summed E-state index contributed by atoms with van der Waals surface area (Å²) in [6, 6.07) is 7.02. The van der Waals surface area contributed by atoms with Crippen molar-refractivity contribution in [3.8, 4) is 5.75 Å². The molecule has 0 radical (unpaired) electrons. The first-order valence-electron chi connectivity index (χ1n) is 11.3. The molecule has 1 saturated heterocycles. The van der Waals surface area contributed by atoms with Crippen molar-refractivity contribution < 1.29 is 41.4 Å². The van der Waals surface area contributed by atoms with Crippen LogP contribution in [0.1, 0.15) is 25.7 Å². The lowest BCUT2D eigenvalue weighted by atomic mass is 9.66. The van der Waals surface area contributed by atoms with Gasteiger partial charge in [-0.3, -0.25) is 19.6 Å². The summed E-state index contributed by atoms with van der Waals surface area (Å²) in [5.74, 6) is -0.600. The zero-order valence-electron chi connectivity index (χ0n) is 19.2. The molecule has 0 spiro atoms. The van der Waals surface area contributed by atoms with E-state index in [1.807, 2.05) is 0 Å². The first kappa shape index (κ1) is 26.7. The number of carbonyl (C=O) groups is 3. The fourth-order valence-electron chi connectivity index (χ4n) is 4.86. The van der Waals surface area contributed by atoms with Gasteiger partial charge in [0.25, 0.3) is 11.1 Å². The number of hydrogen-bond donors (Lipinski definition) is 3. The number of urea groups is 1. The van der Waals surface area contributed by atoms with Crippen LogP contribution in [0.25, 0.3) is 0 Å². The number of imide groups is 1. The van der Waals surface area contributed by atoms with E-state index in [1.165, 1.54) is 12.1 Å². The summed E-state index contributed by atoms with van der Waals surface area (Å²) in [7, 11) is 0. The highest BCUT2D eigenvalue weighted by Crippen LogP contribution is 2.51. The van der Waals surface area contributed by atoms with E-state index in [1.54, 1.807) is 24.3 Å². The Hall–Kier alpha value is -3.32. The smallest absolute Gasteiger partial charge is 0.484 e. The summed E-state index contributed by atoms with van der Waals surface area (Å²) < 4.78 is 67.9. The molecule has 1 heterocycles. The Balaban J connectivity index is 1.72. The molecule has 0 aromatic heterocycles. The number of ether oxygens (including phenoxy) is 2. The van der Waals surface area contributed by atoms with Gasteiger partial charge < -0.3 is 15.8 Å². The van der Waals surface area contributed by atoms with E-state index < -0.39 is 40.9 Å². The largest absolute Gasteiger partial charge is 0.523 e. The number of thioether (sulfide) groups is 1. The molecule has 8 nitrogen and oxygen atoms in total. The number of allylic oxidation sites excluding steroid dienone is 2. The van der Waals surface area contributed by atoms with E-state index in [9.17, 15) is 27.6 Å². The predicted molar refractivity (Wildman–Crippen MR) is 126 cm³/mol. The van der Waals surface area contributed by atoms with Crippen LogP contribution >= 0.6 is 11.8 Å². The summed E-state index contributed by atoms with van der Waals surface area (Å²) in [6.45, 7) is 0. The molecule has 4 amide bonds. The van der Waals surface area contributed by atoms with Gasteiger partial charge in [-0.05, 0) is 73.7 Å². The van der Waals surface area contributed by atoms with Crippen molar-refractivity contribution in [1.29, 1.82) is 0 Å². The molecule has 1 aliphatic heterocycles. The molecule has 13 heteroatoms. The molecule has 37 heavy (non-hydrogen) atoms. The Labute approximate surface area is 213 Å². The van der Waals surface area contributed by atoms with Crippen molar-refractivity contribution in [1.82, 2.24) is 10.6 Å². The number of alkyl halides is 4. The molecule has 1 unspecified atom stereocenters. The van der Waals surface area contributed by atoms with Crippen LogP contribution < -0.4 is 21.1 Å². The second-order valence-corrected chi connectivity index (χ2v) is 9.82. The van der Waals surface area contributed by atoms with Crippen molar-refractivity contribution in [3.05, 3.63) is 65.2 Å². The zero-order chi connectivity index (χ0) is 26.8. The summed E-state index contributed by atoms with van der Waals surface area (Å²) in [5, 5.41) is 3.80. The fourth-order valence-corrected chi connectivity index (χ4v) is 5.60. The Kier molecular flexibility index (Phi) is 7.38. The van der Waals surface area contributed by atoms with Crippen LogP contribution in [0, 0.1) is 5.92 Å². The first-order chi connectivity index (χ1) is 17.4. The third kappa shape index (κ3) is 5.82. The van der Waals surface area contributed by atoms with Crippen LogP contribution in [0.2, 0.25) is 0 Å². The van der Waals surface area contributed by atoms with Gasteiger partial charge in [-0.15, -0.1) is 13.2 Å². The average Bonchev–Trinajstić information content (AvgIpc) is 3.13.